The molecule has 2 rings (SSSR count). The largest absolute Gasteiger partial charge is 0.477 e. The Morgan fingerprint density at radius 1 is 1.32 bits per heavy atom. The summed E-state index contributed by atoms with van der Waals surface area (Å²) in [6.45, 7) is 2.36. The normalized spacial score (nSPS) is 10.2. The minimum Gasteiger partial charge on any atom is -0.477 e. The van der Waals surface area contributed by atoms with Crippen LogP contribution in [-0.4, -0.2) is 27.6 Å². The van der Waals surface area contributed by atoms with Crippen molar-refractivity contribution < 1.29 is 9.90 Å². The SMILES string of the molecule is Cc1ncc(C(=O)O)c(NCCc2ccccc2)n1. The van der Waals surface area contributed by atoms with E-state index in [-0.39, 0.29) is 5.56 Å². The zero-order chi connectivity index (χ0) is 13.7. The number of rotatable bonds is 5. The van der Waals surface area contributed by atoms with E-state index >= 15 is 0 Å². The Labute approximate surface area is 111 Å². The molecular formula is C14H15N3O2. The fourth-order valence-corrected chi connectivity index (χ4v) is 1.73. The van der Waals surface area contributed by atoms with Gasteiger partial charge in [-0.3, -0.25) is 0 Å². The summed E-state index contributed by atoms with van der Waals surface area (Å²) in [4.78, 5) is 19.1. The molecule has 5 heteroatoms. The Bertz CT molecular complexity index is 570. The van der Waals surface area contributed by atoms with Crippen molar-refractivity contribution >= 4 is 11.8 Å². The van der Waals surface area contributed by atoms with Crippen molar-refractivity contribution in [2.75, 3.05) is 11.9 Å². The van der Waals surface area contributed by atoms with E-state index in [1.165, 1.54) is 11.8 Å². The smallest absolute Gasteiger partial charge is 0.341 e. The van der Waals surface area contributed by atoms with Gasteiger partial charge in [-0.25, -0.2) is 14.8 Å². The van der Waals surface area contributed by atoms with E-state index < -0.39 is 5.97 Å². The Morgan fingerprint density at radius 2 is 2.05 bits per heavy atom. The maximum Gasteiger partial charge on any atom is 0.341 e. The summed E-state index contributed by atoms with van der Waals surface area (Å²) in [7, 11) is 0. The minimum absolute atomic E-state index is 0.0960. The van der Waals surface area contributed by atoms with Gasteiger partial charge in [-0.15, -0.1) is 0 Å². The second-order valence-electron chi connectivity index (χ2n) is 4.15. The molecule has 2 N–H and O–H groups in total. The first-order valence-electron chi connectivity index (χ1n) is 6.01. The Morgan fingerprint density at radius 3 is 2.74 bits per heavy atom. The molecule has 19 heavy (non-hydrogen) atoms. The molecule has 1 aromatic carbocycles. The third-order valence-electron chi connectivity index (χ3n) is 2.69. The monoisotopic (exact) mass is 257 g/mol. The van der Waals surface area contributed by atoms with Gasteiger partial charge in [0.1, 0.15) is 17.2 Å². The van der Waals surface area contributed by atoms with E-state index in [4.69, 9.17) is 5.11 Å². The highest BCUT2D eigenvalue weighted by atomic mass is 16.4. The number of benzene rings is 1. The molecule has 0 spiro atoms. The molecule has 0 aliphatic rings. The summed E-state index contributed by atoms with van der Waals surface area (Å²) in [6.07, 6.45) is 2.14. The summed E-state index contributed by atoms with van der Waals surface area (Å²) < 4.78 is 0. The van der Waals surface area contributed by atoms with Gasteiger partial charge < -0.3 is 10.4 Å². The van der Waals surface area contributed by atoms with Crippen LogP contribution in [0.25, 0.3) is 0 Å². The number of aromatic nitrogens is 2. The first kappa shape index (κ1) is 13.0. The number of carboxylic acid groups (broad SMARTS) is 1. The van der Waals surface area contributed by atoms with Crippen molar-refractivity contribution in [2.45, 2.75) is 13.3 Å². The van der Waals surface area contributed by atoms with Crippen LogP contribution in [-0.2, 0) is 6.42 Å². The predicted octanol–water partition coefficient (Wildman–Crippen LogP) is 2.14. The number of carboxylic acids is 1. The van der Waals surface area contributed by atoms with Gasteiger partial charge in [0, 0.05) is 12.7 Å². The average molecular weight is 257 g/mol. The molecule has 5 nitrogen and oxygen atoms in total. The predicted molar refractivity (Wildman–Crippen MR) is 72.4 cm³/mol. The molecule has 0 aliphatic heterocycles. The second kappa shape index (κ2) is 5.95. The highest BCUT2D eigenvalue weighted by Crippen LogP contribution is 2.11. The number of aromatic carboxylic acids is 1. The Hall–Kier alpha value is -2.43. The fourth-order valence-electron chi connectivity index (χ4n) is 1.73. The van der Waals surface area contributed by atoms with E-state index in [2.05, 4.69) is 15.3 Å². The van der Waals surface area contributed by atoms with Gasteiger partial charge in [0.2, 0.25) is 0 Å². The number of carbonyl (C=O) groups is 1. The maximum absolute atomic E-state index is 11.0. The van der Waals surface area contributed by atoms with Crippen molar-refractivity contribution in [3.05, 3.63) is 53.5 Å². The molecule has 0 aliphatic carbocycles. The first-order valence-corrected chi connectivity index (χ1v) is 6.01. The lowest BCUT2D eigenvalue weighted by Crippen LogP contribution is -2.12. The Kier molecular flexibility index (Phi) is 4.07. The zero-order valence-electron chi connectivity index (χ0n) is 10.6. The molecule has 1 heterocycles. The lowest BCUT2D eigenvalue weighted by molar-refractivity contribution is 0.0697. The molecule has 0 atom stereocenters. The van der Waals surface area contributed by atoms with E-state index in [9.17, 15) is 4.79 Å². The van der Waals surface area contributed by atoms with E-state index in [0.717, 1.165) is 6.42 Å². The lowest BCUT2D eigenvalue weighted by Gasteiger charge is -2.08. The quantitative estimate of drug-likeness (QED) is 0.858. The van der Waals surface area contributed by atoms with Crippen molar-refractivity contribution in [1.29, 1.82) is 0 Å². The fraction of sp³-hybridized carbons (Fsp3) is 0.214. The van der Waals surface area contributed by atoms with Crippen molar-refractivity contribution in [1.82, 2.24) is 9.97 Å². The standard InChI is InChI=1S/C14H15N3O2/c1-10-16-9-12(14(18)19)13(17-10)15-8-7-11-5-3-2-4-6-11/h2-6,9H,7-8H2,1H3,(H,18,19)(H,15,16,17). The number of aryl methyl sites for hydroxylation is 1. The Balaban J connectivity index is 2.03. The number of nitrogens with zero attached hydrogens (tertiary/aromatic N) is 2. The van der Waals surface area contributed by atoms with E-state index in [1.54, 1.807) is 6.92 Å². The number of hydrogen-bond donors (Lipinski definition) is 2. The van der Waals surface area contributed by atoms with E-state index in [1.807, 2.05) is 30.3 Å². The highest BCUT2D eigenvalue weighted by molar-refractivity contribution is 5.92. The molecular weight excluding hydrogens is 242 g/mol. The molecule has 0 unspecified atom stereocenters. The van der Waals surface area contributed by atoms with Crippen LogP contribution >= 0.6 is 0 Å². The van der Waals surface area contributed by atoms with Crippen molar-refractivity contribution in [2.24, 2.45) is 0 Å². The summed E-state index contributed by atoms with van der Waals surface area (Å²) in [5.74, 6) is -0.106. The van der Waals surface area contributed by atoms with Gasteiger partial charge in [-0.05, 0) is 18.9 Å². The number of hydrogen-bond acceptors (Lipinski definition) is 4. The molecule has 0 fully saturated rings. The van der Waals surface area contributed by atoms with Gasteiger partial charge in [0.25, 0.3) is 0 Å². The topological polar surface area (TPSA) is 75.1 Å². The third-order valence-corrected chi connectivity index (χ3v) is 2.69. The second-order valence-corrected chi connectivity index (χ2v) is 4.15. The molecule has 0 radical (unpaired) electrons. The van der Waals surface area contributed by atoms with Crippen molar-refractivity contribution in [3.8, 4) is 0 Å². The zero-order valence-corrected chi connectivity index (χ0v) is 10.6. The minimum atomic E-state index is -1.03. The molecule has 1 aromatic heterocycles. The molecule has 0 saturated heterocycles. The highest BCUT2D eigenvalue weighted by Gasteiger charge is 2.11. The van der Waals surface area contributed by atoms with Crippen LogP contribution in [0.15, 0.2) is 36.5 Å². The number of nitrogens with one attached hydrogen (secondary N) is 1. The number of anilines is 1. The maximum atomic E-state index is 11.0. The first-order chi connectivity index (χ1) is 9.16. The van der Waals surface area contributed by atoms with Crippen LogP contribution in [0, 0.1) is 6.92 Å². The average Bonchev–Trinajstić information content (AvgIpc) is 2.39. The summed E-state index contributed by atoms with van der Waals surface area (Å²) in [5.41, 5.74) is 1.29. The van der Waals surface area contributed by atoms with Crippen LogP contribution in [0.4, 0.5) is 5.82 Å². The molecule has 0 amide bonds. The van der Waals surface area contributed by atoms with Crippen LogP contribution in [0.1, 0.15) is 21.7 Å². The van der Waals surface area contributed by atoms with Gasteiger partial charge in [0.15, 0.2) is 0 Å². The summed E-state index contributed by atoms with van der Waals surface area (Å²) in [6, 6.07) is 9.99. The van der Waals surface area contributed by atoms with Crippen molar-refractivity contribution in [3.63, 3.8) is 0 Å². The summed E-state index contributed by atoms with van der Waals surface area (Å²) in [5, 5.41) is 12.1. The van der Waals surface area contributed by atoms with Crippen LogP contribution in [0.5, 0.6) is 0 Å². The lowest BCUT2D eigenvalue weighted by atomic mass is 10.1. The van der Waals surface area contributed by atoms with Gasteiger partial charge in [0.05, 0.1) is 0 Å². The van der Waals surface area contributed by atoms with E-state index in [0.29, 0.717) is 18.2 Å². The van der Waals surface area contributed by atoms with Crippen LogP contribution in [0.3, 0.4) is 0 Å². The molecule has 0 saturated carbocycles. The van der Waals surface area contributed by atoms with Gasteiger partial charge in [-0.2, -0.15) is 0 Å². The van der Waals surface area contributed by atoms with Gasteiger partial charge >= 0.3 is 5.97 Å². The van der Waals surface area contributed by atoms with Crippen LogP contribution in [0.2, 0.25) is 0 Å². The van der Waals surface area contributed by atoms with Gasteiger partial charge in [-0.1, -0.05) is 30.3 Å². The molecule has 98 valence electrons. The van der Waals surface area contributed by atoms with Crippen LogP contribution < -0.4 is 5.32 Å². The molecule has 0 bridgehead atoms. The third kappa shape index (κ3) is 3.51. The molecule has 2 aromatic rings. The summed E-state index contributed by atoms with van der Waals surface area (Å²) >= 11 is 0.